The van der Waals surface area contributed by atoms with Gasteiger partial charge in [-0.1, -0.05) is 25.5 Å². The molecule has 0 bridgehead atoms. The van der Waals surface area contributed by atoms with Crippen molar-refractivity contribution in [1.82, 2.24) is 24.8 Å². The Morgan fingerprint density at radius 1 is 1.25 bits per heavy atom. The first-order valence-electron chi connectivity index (χ1n) is 9.23. The fourth-order valence-electron chi connectivity index (χ4n) is 2.91. The van der Waals surface area contributed by atoms with E-state index >= 15 is 0 Å². The zero-order chi connectivity index (χ0) is 20.1. The number of fused-ring (bicyclic) bond motifs is 1. The van der Waals surface area contributed by atoms with Crippen molar-refractivity contribution >= 4 is 17.0 Å². The number of aromatic nitrogens is 4. The maximum Gasteiger partial charge on any atom is 0.320 e. The molecular formula is C19H26N6O3. The molecule has 3 rings (SSSR count). The lowest BCUT2D eigenvalue weighted by Crippen LogP contribution is -2.08. The molecule has 0 fully saturated rings. The van der Waals surface area contributed by atoms with Gasteiger partial charge in [-0.15, -0.1) is 0 Å². The second-order valence-corrected chi connectivity index (χ2v) is 6.44. The van der Waals surface area contributed by atoms with Crippen LogP contribution in [0, 0.1) is 0 Å². The molecule has 28 heavy (non-hydrogen) atoms. The highest BCUT2D eigenvalue weighted by Crippen LogP contribution is 2.28. The Hall–Kier alpha value is -3.07. The zero-order valence-electron chi connectivity index (χ0n) is 16.4. The Balaban J connectivity index is 1.97. The fourth-order valence-corrected chi connectivity index (χ4v) is 2.91. The molecule has 0 amide bonds. The summed E-state index contributed by atoms with van der Waals surface area (Å²) in [6.45, 7) is 3.63. The summed E-state index contributed by atoms with van der Waals surface area (Å²) in [4.78, 5) is 12.6. The number of methoxy groups -OCH3 is 1. The number of nitrogen functional groups attached to an aromatic ring is 1. The molecule has 0 atom stereocenters. The molecule has 0 saturated heterocycles. The minimum atomic E-state index is -0.192. The van der Waals surface area contributed by atoms with Crippen LogP contribution in [0.1, 0.15) is 30.9 Å². The third-order valence-corrected chi connectivity index (χ3v) is 4.37. The summed E-state index contributed by atoms with van der Waals surface area (Å²) in [6.07, 6.45) is 1.89. The summed E-state index contributed by atoms with van der Waals surface area (Å²) in [7, 11) is 3.51. The van der Waals surface area contributed by atoms with Crippen LogP contribution in [0.15, 0.2) is 18.2 Å². The minimum absolute atomic E-state index is 0.168. The van der Waals surface area contributed by atoms with Crippen molar-refractivity contribution in [2.24, 2.45) is 0 Å². The molecular weight excluding hydrogens is 360 g/mol. The molecule has 0 spiro atoms. The predicted octanol–water partition coefficient (Wildman–Crippen LogP) is 2.07. The monoisotopic (exact) mass is 386 g/mol. The third kappa shape index (κ3) is 4.09. The highest BCUT2D eigenvalue weighted by atomic mass is 16.5. The van der Waals surface area contributed by atoms with Crippen molar-refractivity contribution in [3.63, 3.8) is 0 Å². The molecule has 9 nitrogen and oxygen atoms in total. The molecule has 4 N–H and O–H groups in total. The molecule has 0 aliphatic rings. The van der Waals surface area contributed by atoms with Crippen molar-refractivity contribution in [3.05, 3.63) is 29.3 Å². The number of ether oxygens (including phenoxy) is 2. The van der Waals surface area contributed by atoms with Gasteiger partial charge in [0.1, 0.15) is 5.75 Å². The quantitative estimate of drug-likeness (QED) is 0.478. The lowest BCUT2D eigenvalue weighted by atomic mass is 10.1. The Morgan fingerprint density at radius 2 is 2.07 bits per heavy atom. The molecule has 0 radical (unpaired) electrons. The summed E-state index contributed by atoms with van der Waals surface area (Å²) in [5.41, 5.74) is 8.73. The van der Waals surface area contributed by atoms with Crippen molar-refractivity contribution in [2.45, 2.75) is 32.9 Å². The molecule has 3 aromatic rings. The van der Waals surface area contributed by atoms with Crippen molar-refractivity contribution in [3.8, 4) is 17.8 Å². The smallest absolute Gasteiger partial charge is 0.320 e. The van der Waals surface area contributed by atoms with Crippen LogP contribution in [0.25, 0.3) is 11.2 Å². The average Bonchev–Trinajstić information content (AvgIpc) is 2.99. The summed E-state index contributed by atoms with van der Waals surface area (Å²) in [5.74, 6) is 0.886. The number of aromatic hydroxyl groups is 1. The number of anilines is 1. The number of hydrogen-bond acceptors (Lipinski definition) is 8. The first-order valence-corrected chi connectivity index (χ1v) is 9.23. The second kappa shape index (κ2) is 8.75. The lowest BCUT2D eigenvalue weighted by Gasteiger charge is -2.12. The molecule has 2 aromatic heterocycles. The van der Waals surface area contributed by atoms with E-state index in [0.717, 1.165) is 36.3 Å². The van der Waals surface area contributed by atoms with Gasteiger partial charge in [-0.3, -0.25) is 4.57 Å². The predicted molar refractivity (Wildman–Crippen MR) is 107 cm³/mol. The van der Waals surface area contributed by atoms with Gasteiger partial charge in [0.15, 0.2) is 17.0 Å². The van der Waals surface area contributed by atoms with Gasteiger partial charge in [0, 0.05) is 12.1 Å². The van der Waals surface area contributed by atoms with Crippen molar-refractivity contribution in [2.75, 3.05) is 26.5 Å². The summed E-state index contributed by atoms with van der Waals surface area (Å²) >= 11 is 0. The fraction of sp³-hybridized carbons (Fsp3) is 0.421. The molecule has 1 aromatic carbocycles. The summed E-state index contributed by atoms with van der Waals surface area (Å²) in [6, 6.07) is 5.91. The second-order valence-electron chi connectivity index (χ2n) is 6.44. The van der Waals surface area contributed by atoms with E-state index < -0.39 is 0 Å². The van der Waals surface area contributed by atoms with Gasteiger partial charge in [-0.2, -0.15) is 15.0 Å². The maximum absolute atomic E-state index is 10.4. The van der Waals surface area contributed by atoms with Crippen LogP contribution in [0.2, 0.25) is 0 Å². The van der Waals surface area contributed by atoms with Crippen LogP contribution in [-0.4, -0.2) is 45.4 Å². The van der Waals surface area contributed by atoms with Crippen molar-refractivity contribution in [1.29, 1.82) is 0 Å². The number of nitrogens with one attached hydrogen (secondary N) is 1. The number of nitrogens with zero attached hydrogens (tertiary/aromatic N) is 4. The van der Waals surface area contributed by atoms with E-state index in [0.29, 0.717) is 24.3 Å². The molecule has 0 saturated carbocycles. The number of imidazole rings is 1. The average molecular weight is 386 g/mol. The largest absolute Gasteiger partial charge is 0.496 e. The number of nitrogens with two attached hydrogens (primary N) is 1. The Bertz CT molecular complexity index is 956. The Kier molecular flexibility index (Phi) is 6.15. The van der Waals surface area contributed by atoms with Gasteiger partial charge in [0.2, 0.25) is 0 Å². The SMILES string of the molecule is CCCCOc1nc(N)c2nc(O)n(Cc3ccc(CNC)cc3OC)c2n1. The van der Waals surface area contributed by atoms with Gasteiger partial charge in [0.25, 0.3) is 6.01 Å². The van der Waals surface area contributed by atoms with Crippen LogP contribution in [0.3, 0.4) is 0 Å². The molecule has 150 valence electrons. The highest BCUT2D eigenvalue weighted by molar-refractivity contribution is 5.83. The first-order chi connectivity index (χ1) is 13.6. The number of hydrogen-bond donors (Lipinski definition) is 3. The first kappa shape index (κ1) is 19.7. The number of benzene rings is 1. The van der Waals surface area contributed by atoms with Crippen LogP contribution in [-0.2, 0) is 13.1 Å². The van der Waals surface area contributed by atoms with E-state index in [2.05, 4.69) is 27.2 Å². The standard InChI is InChI=1S/C19H26N6O3/c1-4-5-8-28-18-23-16(20)15-17(24-18)25(19(26)22-15)11-13-7-6-12(10-21-2)9-14(13)27-3/h6-7,9,21H,4-5,8,10-11H2,1-3H3,(H,22,26)(H2,20,23,24). The summed E-state index contributed by atoms with van der Waals surface area (Å²) in [5, 5.41) is 13.5. The van der Waals surface area contributed by atoms with Gasteiger partial charge in [0.05, 0.1) is 20.3 Å². The maximum atomic E-state index is 10.4. The van der Waals surface area contributed by atoms with Crippen LogP contribution in [0.5, 0.6) is 17.8 Å². The lowest BCUT2D eigenvalue weighted by molar-refractivity contribution is 0.286. The van der Waals surface area contributed by atoms with Gasteiger partial charge >= 0.3 is 6.01 Å². The minimum Gasteiger partial charge on any atom is -0.496 e. The van der Waals surface area contributed by atoms with Crippen LogP contribution >= 0.6 is 0 Å². The van der Waals surface area contributed by atoms with Gasteiger partial charge in [-0.05, 0) is 25.1 Å². The third-order valence-electron chi connectivity index (χ3n) is 4.37. The number of unbranched alkanes of at least 4 members (excludes halogenated alkanes) is 1. The van der Waals surface area contributed by atoms with E-state index in [4.69, 9.17) is 15.2 Å². The molecule has 0 aliphatic carbocycles. The van der Waals surface area contributed by atoms with Gasteiger partial charge in [-0.25, -0.2) is 0 Å². The highest BCUT2D eigenvalue weighted by Gasteiger charge is 2.18. The summed E-state index contributed by atoms with van der Waals surface area (Å²) < 4.78 is 12.7. The van der Waals surface area contributed by atoms with Crippen molar-refractivity contribution < 1.29 is 14.6 Å². The molecule has 0 unspecified atom stereocenters. The molecule has 9 heteroatoms. The molecule has 2 heterocycles. The van der Waals surface area contributed by atoms with E-state index in [-0.39, 0.29) is 17.8 Å². The Labute approximate surface area is 163 Å². The molecule has 0 aliphatic heterocycles. The van der Waals surface area contributed by atoms with E-state index in [1.54, 1.807) is 11.7 Å². The normalized spacial score (nSPS) is 11.1. The van der Waals surface area contributed by atoms with Crippen LogP contribution < -0.4 is 20.5 Å². The Morgan fingerprint density at radius 3 is 2.79 bits per heavy atom. The van der Waals surface area contributed by atoms with Gasteiger partial charge < -0.3 is 25.6 Å². The topological polar surface area (TPSA) is 120 Å². The van der Waals surface area contributed by atoms with E-state index in [1.807, 2.05) is 25.2 Å². The zero-order valence-corrected chi connectivity index (χ0v) is 16.4. The van der Waals surface area contributed by atoms with E-state index in [1.165, 1.54) is 0 Å². The van der Waals surface area contributed by atoms with Crippen LogP contribution in [0.4, 0.5) is 5.82 Å². The van der Waals surface area contributed by atoms with E-state index in [9.17, 15) is 5.11 Å². The number of rotatable bonds is 9.